The van der Waals surface area contributed by atoms with Gasteiger partial charge in [0, 0.05) is 0 Å². The second kappa shape index (κ2) is 15.0. The lowest BCUT2D eigenvalue weighted by Crippen LogP contribution is -2.55. The van der Waals surface area contributed by atoms with E-state index < -0.39 is 17.2 Å². The van der Waals surface area contributed by atoms with Crippen molar-refractivity contribution in [3.05, 3.63) is 0 Å². The van der Waals surface area contributed by atoms with Crippen LogP contribution >= 0.6 is 0 Å². The Kier molecular flexibility index (Phi) is 13.6. The SMILES string of the molecule is CCCCCCCCCCCCCCCCC(C(=O)OCC)N1C(=O)C(C)(C)N(C)C1(C)C. The molecule has 0 saturated carbocycles. The molecule has 1 unspecified atom stereocenters. The maximum Gasteiger partial charge on any atom is 0.328 e. The summed E-state index contributed by atoms with van der Waals surface area (Å²) in [5.41, 5.74) is -1.14. The topological polar surface area (TPSA) is 49.9 Å². The summed E-state index contributed by atoms with van der Waals surface area (Å²) in [6, 6.07) is -0.506. The molecule has 1 saturated heterocycles. The van der Waals surface area contributed by atoms with Crippen molar-refractivity contribution in [2.45, 2.75) is 155 Å². The van der Waals surface area contributed by atoms with Gasteiger partial charge in [0.25, 0.3) is 0 Å². The number of unbranched alkanes of at least 4 members (excludes halogenated alkanes) is 13. The Morgan fingerprint density at radius 3 is 1.58 bits per heavy atom. The quantitative estimate of drug-likeness (QED) is 0.160. The molecular weight excluding hydrogens is 412 g/mol. The highest BCUT2D eigenvalue weighted by Gasteiger charge is 2.57. The van der Waals surface area contributed by atoms with Crippen LogP contribution in [0.4, 0.5) is 0 Å². The van der Waals surface area contributed by atoms with Gasteiger partial charge in [-0.05, 0) is 48.1 Å². The molecule has 194 valence electrons. The Labute approximate surface area is 205 Å². The lowest BCUT2D eigenvalue weighted by Gasteiger charge is -2.40. The first-order valence-electron chi connectivity index (χ1n) is 13.9. The van der Waals surface area contributed by atoms with E-state index in [0.717, 1.165) is 12.8 Å². The second-order valence-electron chi connectivity index (χ2n) is 10.9. The van der Waals surface area contributed by atoms with Crippen molar-refractivity contribution in [3.63, 3.8) is 0 Å². The Hall–Kier alpha value is -1.10. The zero-order valence-electron chi connectivity index (χ0n) is 23.0. The van der Waals surface area contributed by atoms with Crippen molar-refractivity contribution in [1.82, 2.24) is 9.80 Å². The number of likely N-dealkylation sites (N-methyl/N-ethyl adjacent to an activating group) is 1. The lowest BCUT2D eigenvalue weighted by atomic mass is 10.0. The monoisotopic (exact) mass is 466 g/mol. The molecule has 33 heavy (non-hydrogen) atoms. The van der Waals surface area contributed by atoms with E-state index in [-0.39, 0.29) is 11.9 Å². The van der Waals surface area contributed by atoms with Crippen molar-refractivity contribution in [2.24, 2.45) is 0 Å². The summed E-state index contributed by atoms with van der Waals surface area (Å²) in [4.78, 5) is 29.9. The molecular formula is C28H54N2O3. The molecule has 1 atom stereocenters. The second-order valence-corrected chi connectivity index (χ2v) is 10.9. The molecule has 1 aliphatic heterocycles. The fourth-order valence-electron chi connectivity index (χ4n) is 5.18. The highest BCUT2D eigenvalue weighted by molar-refractivity contribution is 5.92. The minimum Gasteiger partial charge on any atom is -0.464 e. The first-order valence-corrected chi connectivity index (χ1v) is 13.9. The van der Waals surface area contributed by atoms with E-state index >= 15 is 0 Å². The number of carbonyl (C=O) groups excluding carboxylic acids is 2. The van der Waals surface area contributed by atoms with Crippen LogP contribution < -0.4 is 0 Å². The van der Waals surface area contributed by atoms with Gasteiger partial charge in [-0.1, -0.05) is 96.8 Å². The van der Waals surface area contributed by atoms with Gasteiger partial charge in [0.05, 0.1) is 17.8 Å². The van der Waals surface area contributed by atoms with Gasteiger partial charge in [-0.15, -0.1) is 0 Å². The average molecular weight is 467 g/mol. The zero-order chi connectivity index (χ0) is 24.9. The fourth-order valence-corrected chi connectivity index (χ4v) is 5.18. The molecule has 0 bridgehead atoms. The van der Waals surface area contributed by atoms with E-state index in [9.17, 15) is 9.59 Å². The highest BCUT2D eigenvalue weighted by atomic mass is 16.5. The molecule has 1 amide bonds. The number of rotatable bonds is 18. The Bertz CT molecular complexity index is 573. The predicted octanol–water partition coefficient (Wildman–Crippen LogP) is 7.08. The van der Waals surface area contributed by atoms with Gasteiger partial charge in [0.1, 0.15) is 6.04 Å². The van der Waals surface area contributed by atoms with Gasteiger partial charge >= 0.3 is 5.97 Å². The fraction of sp³-hybridized carbons (Fsp3) is 0.929. The number of esters is 1. The maximum absolute atomic E-state index is 13.2. The van der Waals surface area contributed by atoms with Crippen LogP contribution in [0.1, 0.15) is 138 Å². The van der Waals surface area contributed by atoms with Gasteiger partial charge in [-0.3, -0.25) is 9.69 Å². The highest BCUT2D eigenvalue weighted by Crippen LogP contribution is 2.39. The maximum atomic E-state index is 13.2. The molecule has 0 aromatic rings. The molecule has 1 aliphatic rings. The minimum absolute atomic E-state index is 0.0124. The molecule has 0 aromatic heterocycles. The normalized spacial score (nSPS) is 18.6. The van der Waals surface area contributed by atoms with Crippen LogP contribution in [-0.4, -0.2) is 52.6 Å². The zero-order valence-corrected chi connectivity index (χ0v) is 23.0. The summed E-state index contributed by atoms with van der Waals surface area (Å²) < 4.78 is 5.38. The van der Waals surface area contributed by atoms with Crippen LogP contribution in [0.2, 0.25) is 0 Å². The van der Waals surface area contributed by atoms with Crippen LogP contribution in [0.15, 0.2) is 0 Å². The van der Waals surface area contributed by atoms with Crippen LogP contribution in [0.3, 0.4) is 0 Å². The molecule has 0 spiro atoms. The first kappa shape index (κ1) is 29.9. The first-order chi connectivity index (χ1) is 15.6. The number of hydrogen-bond donors (Lipinski definition) is 0. The summed E-state index contributed by atoms with van der Waals surface area (Å²) in [6.45, 7) is 12.4. The lowest BCUT2D eigenvalue weighted by molar-refractivity contribution is -0.158. The molecule has 5 heteroatoms. The van der Waals surface area contributed by atoms with Crippen molar-refractivity contribution in [2.75, 3.05) is 13.7 Å². The molecule has 0 aliphatic carbocycles. The number of carbonyl (C=O) groups is 2. The molecule has 1 rings (SSSR count). The van der Waals surface area contributed by atoms with Crippen molar-refractivity contribution in [1.29, 1.82) is 0 Å². The third-order valence-corrected chi connectivity index (χ3v) is 7.69. The predicted molar refractivity (Wildman–Crippen MR) is 138 cm³/mol. The van der Waals surface area contributed by atoms with E-state index in [2.05, 4.69) is 11.8 Å². The van der Waals surface area contributed by atoms with E-state index in [1.165, 1.54) is 77.0 Å². The largest absolute Gasteiger partial charge is 0.464 e. The number of nitrogens with zero attached hydrogens (tertiary/aromatic N) is 2. The minimum atomic E-state index is -0.621. The summed E-state index contributed by atoms with van der Waals surface area (Å²) >= 11 is 0. The summed E-state index contributed by atoms with van der Waals surface area (Å²) in [5, 5.41) is 0. The summed E-state index contributed by atoms with van der Waals surface area (Å²) in [6.07, 6.45) is 19.0. The van der Waals surface area contributed by atoms with Gasteiger partial charge < -0.3 is 9.64 Å². The van der Waals surface area contributed by atoms with Crippen LogP contribution in [-0.2, 0) is 14.3 Å². The van der Waals surface area contributed by atoms with Crippen LogP contribution in [0.5, 0.6) is 0 Å². The molecule has 1 heterocycles. The summed E-state index contributed by atoms with van der Waals surface area (Å²) in [5.74, 6) is -0.252. The average Bonchev–Trinajstić information content (AvgIpc) is 2.88. The van der Waals surface area contributed by atoms with Gasteiger partial charge in [-0.2, -0.15) is 0 Å². The Morgan fingerprint density at radius 2 is 1.21 bits per heavy atom. The smallest absolute Gasteiger partial charge is 0.328 e. The standard InChI is InChI=1S/C28H54N2O3/c1-8-10-11-12-13-14-15-16-17-18-19-20-21-22-23-24(25(31)33-9-2)30-26(32)27(3,4)29(7)28(30,5)6/h24H,8-23H2,1-7H3. The third kappa shape index (κ3) is 8.88. The Morgan fingerprint density at radius 1 is 0.788 bits per heavy atom. The number of hydrogen-bond acceptors (Lipinski definition) is 4. The molecule has 1 fully saturated rings. The van der Waals surface area contributed by atoms with Gasteiger partial charge in [-0.25, -0.2) is 4.79 Å². The van der Waals surface area contributed by atoms with E-state index in [4.69, 9.17) is 4.74 Å². The van der Waals surface area contributed by atoms with Crippen LogP contribution in [0, 0.1) is 0 Å². The van der Waals surface area contributed by atoms with Crippen molar-refractivity contribution >= 4 is 11.9 Å². The van der Waals surface area contributed by atoms with Crippen molar-refractivity contribution in [3.8, 4) is 0 Å². The molecule has 0 N–H and O–H groups in total. The number of ether oxygens (including phenoxy) is 1. The van der Waals surface area contributed by atoms with E-state index in [1.807, 2.05) is 41.7 Å². The van der Waals surface area contributed by atoms with E-state index in [1.54, 1.807) is 4.90 Å². The van der Waals surface area contributed by atoms with Crippen LogP contribution in [0.25, 0.3) is 0 Å². The van der Waals surface area contributed by atoms with E-state index in [0.29, 0.717) is 13.0 Å². The molecule has 0 aromatic carbocycles. The van der Waals surface area contributed by atoms with Gasteiger partial charge in [0.15, 0.2) is 0 Å². The number of amides is 1. The Balaban J connectivity index is 2.35. The summed E-state index contributed by atoms with van der Waals surface area (Å²) in [7, 11) is 1.96. The van der Waals surface area contributed by atoms with Gasteiger partial charge in [0.2, 0.25) is 5.91 Å². The molecule has 5 nitrogen and oxygen atoms in total. The third-order valence-electron chi connectivity index (χ3n) is 7.69. The van der Waals surface area contributed by atoms with Crippen molar-refractivity contribution < 1.29 is 14.3 Å². The molecule has 0 radical (unpaired) electrons.